The number of nitrogens with zero attached hydrogens (tertiary/aromatic N) is 1. The van der Waals surface area contributed by atoms with Gasteiger partial charge in [0.2, 0.25) is 12.1 Å². The average Bonchev–Trinajstić information content (AvgIpc) is 3.40. The molecule has 2 aliphatic rings. The van der Waals surface area contributed by atoms with E-state index in [0.717, 1.165) is 0 Å². The molecular weight excluding hydrogens is 450 g/mol. The van der Waals surface area contributed by atoms with E-state index in [0.29, 0.717) is 5.69 Å². The predicted molar refractivity (Wildman–Crippen MR) is 103 cm³/mol. The van der Waals surface area contributed by atoms with E-state index in [1.54, 1.807) is 0 Å². The minimum absolute atomic E-state index is 0.00260. The zero-order valence-corrected chi connectivity index (χ0v) is 17.4. The summed E-state index contributed by atoms with van der Waals surface area (Å²) >= 11 is 0. The highest BCUT2D eigenvalue weighted by Gasteiger charge is 2.59. The molecule has 0 radical (unpaired) electrons. The Kier molecular flexibility index (Phi) is 8.35. The molecule has 0 saturated carbocycles. The van der Waals surface area contributed by atoms with Crippen molar-refractivity contribution < 1.29 is 59.5 Å². The number of nitrogens with two attached hydrogens (primary N) is 1. The molecule has 2 aliphatic heterocycles. The number of ether oxygens (including phenoxy) is 4. The van der Waals surface area contributed by atoms with Crippen LogP contribution in [-0.4, -0.2) is 132 Å². The molecule has 10 atom stereocenters. The first kappa shape index (κ1) is 25.9. The van der Waals surface area contributed by atoms with Crippen LogP contribution in [0.5, 0.6) is 0 Å². The van der Waals surface area contributed by atoms with Crippen LogP contribution in [0.1, 0.15) is 5.69 Å². The van der Waals surface area contributed by atoms with Gasteiger partial charge in [0.1, 0.15) is 49.3 Å². The Morgan fingerprint density at radius 1 is 1.15 bits per heavy atom. The van der Waals surface area contributed by atoms with E-state index in [2.05, 4.69) is 9.97 Å². The average molecular weight is 479 g/mol. The number of carbonyl (C=O) groups is 1. The SMILES string of the molecule is N[C@@H](Cc1cnc[nH]1)C(=O)O[C@H]1[C@@H](O[C@]2(CO)O[C@H](CO)[C@@H](O)[C@@H]2O)O[C@H](CO)[C@@H](O)[C@@H]1O. The van der Waals surface area contributed by atoms with Crippen LogP contribution in [0.15, 0.2) is 12.5 Å². The molecule has 0 amide bonds. The van der Waals surface area contributed by atoms with Crippen molar-refractivity contribution in [3.05, 3.63) is 18.2 Å². The number of hydrogen-bond donors (Lipinski definition) is 9. The fraction of sp³-hybridized carbons (Fsp3) is 0.778. The first-order valence-electron chi connectivity index (χ1n) is 10.2. The van der Waals surface area contributed by atoms with Gasteiger partial charge in [0.15, 0.2) is 6.10 Å². The molecule has 10 N–H and O–H groups in total. The molecule has 15 nitrogen and oxygen atoms in total. The largest absolute Gasteiger partial charge is 0.453 e. The zero-order valence-electron chi connectivity index (χ0n) is 17.4. The molecule has 0 aromatic carbocycles. The van der Waals surface area contributed by atoms with E-state index in [1.165, 1.54) is 12.5 Å². The Morgan fingerprint density at radius 2 is 1.85 bits per heavy atom. The van der Waals surface area contributed by atoms with Crippen LogP contribution in [0.2, 0.25) is 0 Å². The third-order valence-electron chi connectivity index (χ3n) is 5.60. The van der Waals surface area contributed by atoms with Crippen molar-refractivity contribution in [2.24, 2.45) is 5.73 Å². The topological polar surface area (TPSA) is 250 Å². The Labute approximate surface area is 187 Å². The molecule has 1 aromatic rings. The number of hydrogen-bond acceptors (Lipinski definition) is 14. The van der Waals surface area contributed by atoms with Gasteiger partial charge in [-0.3, -0.25) is 4.79 Å². The summed E-state index contributed by atoms with van der Waals surface area (Å²) in [5.41, 5.74) is 6.37. The van der Waals surface area contributed by atoms with E-state index < -0.39 is 86.6 Å². The van der Waals surface area contributed by atoms with E-state index >= 15 is 0 Å². The maximum Gasteiger partial charge on any atom is 0.323 e. The molecule has 1 aromatic heterocycles. The van der Waals surface area contributed by atoms with E-state index in [9.17, 15) is 40.5 Å². The number of aliphatic hydroxyl groups is 7. The number of aromatic nitrogens is 2. The third-order valence-corrected chi connectivity index (χ3v) is 5.60. The van der Waals surface area contributed by atoms with Crippen LogP contribution < -0.4 is 5.73 Å². The van der Waals surface area contributed by atoms with Crippen molar-refractivity contribution in [2.75, 3.05) is 19.8 Å². The number of H-pyrrole nitrogens is 1. The lowest BCUT2D eigenvalue weighted by molar-refractivity contribution is -0.384. The monoisotopic (exact) mass is 479 g/mol. The first-order chi connectivity index (χ1) is 15.7. The second kappa shape index (κ2) is 10.7. The van der Waals surface area contributed by atoms with Crippen LogP contribution in [0, 0.1) is 0 Å². The van der Waals surface area contributed by atoms with Gasteiger partial charge in [-0.25, -0.2) is 4.98 Å². The van der Waals surface area contributed by atoms with Crippen LogP contribution in [-0.2, 0) is 30.2 Å². The summed E-state index contributed by atoms with van der Waals surface area (Å²) in [6.45, 7) is -2.53. The maximum absolute atomic E-state index is 12.5. The summed E-state index contributed by atoms with van der Waals surface area (Å²) in [4.78, 5) is 19.1. The molecule has 3 heterocycles. The first-order valence-corrected chi connectivity index (χ1v) is 10.2. The van der Waals surface area contributed by atoms with Crippen LogP contribution >= 0.6 is 0 Å². The molecular formula is C18H29N3O12. The minimum Gasteiger partial charge on any atom is -0.453 e. The van der Waals surface area contributed by atoms with Crippen LogP contribution in [0.4, 0.5) is 0 Å². The van der Waals surface area contributed by atoms with Gasteiger partial charge in [-0.1, -0.05) is 0 Å². The van der Waals surface area contributed by atoms with Gasteiger partial charge in [-0.05, 0) is 0 Å². The molecule has 2 fully saturated rings. The fourth-order valence-corrected chi connectivity index (χ4v) is 3.68. The van der Waals surface area contributed by atoms with Gasteiger partial charge in [-0.15, -0.1) is 0 Å². The van der Waals surface area contributed by atoms with Gasteiger partial charge >= 0.3 is 5.97 Å². The molecule has 15 heteroatoms. The third kappa shape index (κ3) is 5.18. The Morgan fingerprint density at radius 3 is 2.39 bits per heavy atom. The second-order valence-electron chi connectivity index (χ2n) is 7.86. The molecule has 0 aliphatic carbocycles. The molecule has 0 spiro atoms. The Balaban J connectivity index is 1.80. The summed E-state index contributed by atoms with van der Waals surface area (Å²) in [6.07, 6.45) is -10.5. The number of esters is 1. The molecule has 0 unspecified atom stereocenters. The number of nitrogens with one attached hydrogen (secondary N) is 1. The zero-order chi connectivity index (χ0) is 24.3. The summed E-state index contributed by atoms with van der Waals surface area (Å²) in [5.74, 6) is -3.36. The molecule has 2 saturated heterocycles. The number of aliphatic hydroxyl groups excluding tert-OH is 7. The number of carbonyl (C=O) groups excluding carboxylic acids is 1. The van der Waals surface area contributed by atoms with Crippen molar-refractivity contribution in [1.82, 2.24) is 9.97 Å². The Hall–Kier alpha value is -1.76. The minimum atomic E-state index is -2.35. The van der Waals surface area contributed by atoms with Crippen molar-refractivity contribution in [3.8, 4) is 0 Å². The van der Waals surface area contributed by atoms with E-state index in [4.69, 9.17) is 24.7 Å². The predicted octanol–water partition coefficient (Wildman–Crippen LogP) is -5.55. The summed E-state index contributed by atoms with van der Waals surface area (Å²) < 4.78 is 21.4. The van der Waals surface area contributed by atoms with Crippen molar-refractivity contribution in [1.29, 1.82) is 0 Å². The molecule has 33 heavy (non-hydrogen) atoms. The fourth-order valence-electron chi connectivity index (χ4n) is 3.68. The lowest BCUT2D eigenvalue weighted by atomic mass is 9.98. The lowest BCUT2D eigenvalue weighted by Gasteiger charge is -2.44. The summed E-state index contributed by atoms with van der Waals surface area (Å²) in [6, 6.07) is -1.22. The van der Waals surface area contributed by atoms with Gasteiger partial charge in [-0.2, -0.15) is 0 Å². The summed E-state index contributed by atoms with van der Waals surface area (Å²) in [7, 11) is 0. The normalized spacial score (nSPS) is 40.0. The van der Waals surface area contributed by atoms with Gasteiger partial charge in [0.05, 0.1) is 19.5 Å². The maximum atomic E-state index is 12.5. The molecule has 3 rings (SSSR count). The highest BCUT2D eigenvalue weighted by molar-refractivity contribution is 5.76. The Bertz CT molecular complexity index is 769. The highest BCUT2D eigenvalue weighted by Crippen LogP contribution is 2.36. The van der Waals surface area contributed by atoms with E-state index in [-0.39, 0.29) is 6.42 Å². The van der Waals surface area contributed by atoms with Crippen molar-refractivity contribution in [2.45, 2.75) is 67.3 Å². The molecule has 0 bridgehead atoms. The van der Waals surface area contributed by atoms with Gasteiger partial charge in [0, 0.05) is 18.3 Å². The molecule has 188 valence electrons. The van der Waals surface area contributed by atoms with Crippen LogP contribution in [0.3, 0.4) is 0 Å². The smallest absolute Gasteiger partial charge is 0.323 e. The van der Waals surface area contributed by atoms with E-state index in [1.807, 2.05) is 0 Å². The van der Waals surface area contributed by atoms with Gasteiger partial charge < -0.3 is 65.4 Å². The van der Waals surface area contributed by atoms with Crippen molar-refractivity contribution in [3.63, 3.8) is 0 Å². The van der Waals surface area contributed by atoms with Crippen molar-refractivity contribution >= 4 is 5.97 Å². The lowest BCUT2D eigenvalue weighted by Crippen LogP contribution is -2.64. The quantitative estimate of drug-likeness (QED) is 0.150. The highest BCUT2D eigenvalue weighted by atomic mass is 16.8. The van der Waals surface area contributed by atoms with Crippen LogP contribution in [0.25, 0.3) is 0 Å². The number of imidazole rings is 1. The standard InChI is InChI=1S/C18H29N3O12/c19-8(1-7-2-20-6-21-7)16(29)31-14-13(27)11(25)9(3-22)30-17(14)33-18(5-24)15(28)12(26)10(4-23)32-18/h2,6,8-15,17,22-28H,1,3-5,19H2,(H,20,21)/t8-,9+,10+,11+,12+,13-,14+,15-,17+,18-/m0/s1. The number of rotatable bonds is 9. The summed E-state index contributed by atoms with van der Waals surface area (Å²) in [5, 5.41) is 69.8. The van der Waals surface area contributed by atoms with Gasteiger partial charge in [0.25, 0.3) is 0 Å². The second-order valence-corrected chi connectivity index (χ2v) is 7.86. The number of aromatic amines is 1.